The molecule has 1 aromatic heterocycles. The Hall–Kier alpha value is -2.54. The molecule has 0 fully saturated rings. The van der Waals surface area contributed by atoms with Gasteiger partial charge in [0, 0.05) is 5.38 Å². The van der Waals surface area contributed by atoms with Gasteiger partial charge in [-0.2, -0.15) is 0 Å². The summed E-state index contributed by atoms with van der Waals surface area (Å²) >= 11 is 1.17. The van der Waals surface area contributed by atoms with Gasteiger partial charge in [0.1, 0.15) is 18.1 Å². The molecule has 0 aliphatic carbocycles. The molecule has 0 bridgehead atoms. The molecule has 1 aliphatic heterocycles. The standard InChI is InChI=1S/C16H15NO5S/c1-9-3-2-4-10(7-9)12(16(19)20)17-15(18)14-13-11(8-23-14)21-5-6-22-13/h2-4,7-8,12H,5-6H2,1H3,(H,17,18)(H,19,20). The SMILES string of the molecule is Cc1cccc(C(NC(=O)c2scc3c2OCCO3)C(=O)O)c1. The van der Waals surface area contributed by atoms with Crippen LogP contribution >= 0.6 is 11.3 Å². The first kappa shape index (κ1) is 15.4. The molecular weight excluding hydrogens is 318 g/mol. The zero-order valence-corrected chi connectivity index (χ0v) is 13.2. The summed E-state index contributed by atoms with van der Waals surface area (Å²) in [6.07, 6.45) is 0. The fourth-order valence-corrected chi connectivity index (χ4v) is 3.19. The van der Waals surface area contributed by atoms with Crippen molar-refractivity contribution in [2.75, 3.05) is 13.2 Å². The lowest BCUT2D eigenvalue weighted by Gasteiger charge is -2.18. The van der Waals surface area contributed by atoms with Gasteiger partial charge in [0.15, 0.2) is 17.5 Å². The highest BCUT2D eigenvalue weighted by Crippen LogP contribution is 2.39. The lowest BCUT2D eigenvalue weighted by molar-refractivity contribution is -0.139. The number of carboxylic acids is 1. The van der Waals surface area contributed by atoms with E-state index in [1.54, 1.807) is 23.6 Å². The molecule has 1 unspecified atom stereocenters. The zero-order chi connectivity index (χ0) is 16.4. The number of aryl methyl sites for hydroxylation is 1. The maximum absolute atomic E-state index is 12.5. The second kappa shape index (κ2) is 6.29. The van der Waals surface area contributed by atoms with Gasteiger partial charge in [-0.3, -0.25) is 4.79 Å². The highest BCUT2D eigenvalue weighted by Gasteiger charge is 2.28. The molecule has 1 amide bonds. The number of hydrogen-bond donors (Lipinski definition) is 2. The summed E-state index contributed by atoms with van der Waals surface area (Å²) in [5, 5.41) is 13.7. The molecule has 0 spiro atoms. The Morgan fingerprint density at radius 1 is 1.30 bits per heavy atom. The van der Waals surface area contributed by atoms with Crippen LogP contribution in [0.15, 0.2) is 29.6 Å². The number of ether oxygens (including phenoxy) is 2. The first-order valence-electron chi connectivity index (χ1n) is 7.03. The Labute approximate surface area is 136 Å². The molecule has 2 N–H and O–H groups in total. The van der Waals surface area contributed by atoms with Crippen LogP contribution in [0.4, 0.5) is 0 Å². The van der Waals surface area contributed by atoms with Gasteiger partial charge in [0.05, 0.1) is 0 Å². The summed E-state index contributed by atoms with van der Waals surface area (Å²) in [6, 6.07) is 5.92. The minimum atomic E-state index is -1.12. The van der Waals surface area contributed by atoms with Crippen molar-refractivity contribution in [1.29, 1.82) is 0 Å². The first-order chi connectivity index (χ1) is 11.1. The van der Waals surface area contributed by atoms with Gasteiger partial charge < -0.3 is 19.9 Å². The normalized spacial score (nSPS) is 14.1. The van der Waals surface area contributed by atoms with E-state index in [9.17, 15) is 14.7 Å². The van der Waals surface area contributed by atoms with Gasteiger partial charge in [-0.1, -0.05) is 29.8 Å². The highest BCUT2D eigenvalue weighted by molar-refractivity contribution is 7.12. The molecule has 1 atom stereocenters. The number of hydrogen-bond acceptors (Lipinski definition) is 5. The number of benzene rings is 1. The highest BCUT2D eigenvalue weighted by atomic mass is 32.1. The fourth-order valence-electron chi connectivity index (χ4n) is 2.35. The molecule has 0 radical (unpaired) electrons. The number of nitrogens with one attached hydrogen (secondary N) is 1. The Morgan fingerprint density at radius 3 is 2.83 bits per heavy atom. The van der Waals surface area contributed by atoms with Crippen molar-refractivity contribution in [2.24, 2.45) is 0 Å². The van der Waals surface area contributed by atoms with Crippen LogP contribution in [0.3, 0.4) is 0 Å². The van der Waals surface area contributed by atoms with E-state index < -0.39 is 17.9 Å². The van der Waals surface area contributed by atoms with Crippen molar-refractivity contribution in [3.63, 3.8) is 0 Å². The Bertz CT molecular complexity index is 755. The maximum atomic E-state index is 12.5. The van der Waals surface area contributed by atoms with Crippen LogP contribution < -0.4 is 14.8 Å². The van der Waals surface area contributed by atoms with Crippen molar-refractivity contribution >= 4 is 23.2 Å². The van der Waals surface area contributed by atoms with E-state index in [2.05, 4.69) is 5.32 Å². The van der Waals surface area contributed by atoms with Gasteiger partial charge in [0.2, 0.25) is 0 Å². The molecule has 6 nitrogen and oxygen atoms in total. The molecule has 2 aromatic rings. The van der Waals surface area contributed by atoms with Crippen LogP contribution in [-0.4, -0.2) is 30.2 Å². The number of amides is 1. The van der Waals surface area contributed by atoms with Crippen LogP contribution in [0.1, 0.15) is 26.8 Å². The van der Waals surface area contributed by atoms with Crippen LogP contribution in [-0.2, 0) is 4.79 Å². The van der Waals surface area contributed by atoms with E-state index in [4.69, 9.17) is 9.47 Å². The zero-order valence-electron chi connectivity index (χ0n) is 12.4. The number of aliphatic carboxylic acids is 1. The number of carbonyl (C=O) groups excluding carboxylic acids is 1. The van der Waals surface area contributed by atoms with Gasteiger partial charge in [-0.25, -0.2) is 4.79 Å². The Balaban J connectivity index is 1.85. The quantitative estimate of drug-likeness (QED) is 0.897. The third-order valence-electron chi connectivity index (χ3n) is 3.41. The summed E-state index contributed by atoms with van der Waals surface area (Å²) in [6.45, 7) is 2.67. The summed E-state index contributed by atoms with van der Waals surface area (Å²) in [5.41, 5.74) is 1.45. The molecule has 23 heavy (non-hydrogen) atoms. The lowest BCUT2D eigenvalue weighted by atomic mass is 10.0. The van der Waals surface area contributed by atoms with Crippen molar-refractivity contribution in [3.8, 4) is 11.5 Å². The number of rotatable bonds is 4. The predicted molar refractivity (Wildman–Crippen MR) is 84.3 cm³/mol. The average Bonchev–Trinajstić information content (AvgIpc) is 2.96. The van der Waals surface area contributed by atoms with E-state index in [1.807, 2.05) is 13.0 Å². The van der Waals surface area contributed by atoms with Crippen molar-refractivity contribution in [3.05, 3.63) is 45.6 Å². The minimum Gasteiger partial charge on any atom is -0.485 e. The second-order valence-corrected chi connectivity index (χ2v) is 5.99. The molecule has 7 heteroatoms. The van der Waals surface area contributed by atoms with Crippen LogP contribution in [0.5, 0.6) is 11.5 Å². The molecule has 0 saturated heterocycles. The van der Waals surface area contributed by atoms with E-state index in [-0.39, 0.29) is 0 Å². The third-order valence-corrected chi connectivity index (χ3v) is 4.34. The van der Waals surface area contributed by atoms with E-state index in [1.165, 1.54) is 11.3 Å². The minimum absolute atomic E-state index is 0.318. The van der Waals surface area contributed by atoms with E-state index >= 15 is 0 Å². The van der Waals surface area contributed by atoms with E-state index in [0.717, 1.165) is 5.56 Å². The monoisotopic (exact) mass is 333 g/mol. The molecule has 0 saturated carbocycles. The summed E-state index contributed by atoms with van der Waals surface area (Å²) in [5.74, 6) is -0.705. The molecule has 2 heterocycles. The smallest absolute Gasteiger partial charge is 0.330 e. The van der Waals surface area contributed by atoms with Gasteiger partial charge >= 0.3 is 5.97 Å². The summed E-state index contributed by atoms with van der Waals surface area (Å²) in [4.78, 5) is 24.3. The molecule has 120 valence electrons. The van der Waals surface area contributed by atoms with Crippen molar-refractivity contribution in [1.82, 2.24) is 5.32 Å². The van der Waals surface area contributed by atoms with E-state index in [0.29, 0.717) is 35.2 Å². The summed E-state index contributed by atoms with van der Waals surface area (Å²) in [7, 11) is 0. The largest absolute Gasteiger partial charge is 0.485 e. The fraction of sp³-hybridized carbons (Fsp3) is 0.250. The van der Waals surface area contributed by atoms with Gasteiger partial charge in [-0.05, 0) is 12.5 Å². The average molecular weight is 333 g/mol. The Kier molecular flexibility index (Phi) is 4.20. The second-order valence-electron chi connectivity index (χ2n) is 5.11. The van der Waals surface area contributed by atoms with Gasteiger partial charge in [0.25, 0.3) is 5.91 Å². The lowest BCUT2D eigenvalue weighted by Crippen LogP contribution is -2.33. The topological polar surface area (TPSA) is 84.9 Å². The van der Waals surface area contributed by atoms with Crippen LogP contribution in [0.25, 0.3) is 0 Å². The number of carboxylic acid groups (broad SMARTS) is 1. The van der Waals surface area contributed by atoms with Crippen LogP contribution in [0, 0.1) is 6.92 Å². The van der Waals surface area contributed by atoms with Crippen molar-refractivity contribution < 1.29 is 24.2 Å². The maximum Gasteiger partial charge on any atom is 0.330 e. The molecule has 3 rings (SSSR count). The first-order valence-corrected chi connectivity index (χ1v) is 7.91. The third kappa shape index (κ3) is 3.14. The Morgan fingerprint density at radius 2 is 2.09 bits per heavy atom. The van der Waals surface area contributed by atoms with Gasteiger partial charge in [-0.15, -0.1) is 11.3 Å². The van der Waals surface area contributed by atoms with Crippen molar-refractivity contribution in [2.45, 2.75) is 13.0 Å². The molecular formula is C16H15NO5S. The number of fused-ring (bicyclic) bond motifs is 1. The predicted octanol–water partition coefficient (Wildman–Crippen LogP) is 2.38. The molecule has 1 aromatic carbocycles. The number of thiophene rings is 1. The number of carbonyl (C=O) groups is 2. The van der Waals surface area contributed by atoms with Crippen LogP contribution in [0.2, 0.25) is 0 Å². The molecule has 1 aliphatic rings. The summed E-state index contributed by atoms with van der Waals surface area (Å²) < 4.78 is 10.9.